The van der Waals surface area contributed by atoms with Gasteiger partial charge < -0.3 is 19.7 Å². The van der Waals surface area contributed by atoms with Crippen molar-refractivity contribution in [3.05, 3.63) is 65.2 Å². The Hall–Kier alpha value is -1.98. The Balaban J connectivity index is 1.32. The Kier molecular flexibility index (Phi) is 8.09. The number of benzene rings is 2. The summed E-state index contributed by atoms with van der Waals surface area (Å²) in [5.41, 5.74) is -1.82. The van der Waals surface area contributed by atoms with Crippen LogP contribution in [0.3, 0.4) is 0 Å². The first-order valence-electron chi connectivity index (χ1n) is 17.0. The molecule has 4 aliphatic carbocycles. The highest BCUT2D eigenvalue weighted by atomic mass is 32.2. The maximum Gasteiger partial charge on any atom is 0.456 e. The monoisotopic (exact) mass is 692 g/mol. The first-order chi connectivity index (χ1) is 22.4. The third-order valence-electron chi connectivity index (χ3n) is 12.6. The van der Waals surface area contributed by atoms with E-state index in [-0.39, 0.29) is 30.6 Å². The number of hydrogen-bond acceptors (Lipinski definition) is 5. The number of halogens is 5. The molecule has 0 bridgehead atoms. The summed E-state index contributed by atoms with van der Waals surface area (Å²) < 4.78 is 85.4. The molecule has 7 rings (SSSR count). The van der Waals surface area contributed by atoms with Gasteiger partial charge in [-0.25, -0.2) is 0 Å². The van der Waals surface area contributed by atoms with E-state index in [2.05, 4.69) is 13.8 Å². The predicted octanol–water partition coefficient (Wildman–Crippen LogP) is 9.30. The standard InChI is InChI=1S/C38H45F5O4S/c1-32(2)21-46-35(47-22-32)17-14-30-31-27(13-16-34(30,44)20-35)29-15-18-36(45,37(39,40)38(41,42)43)33(29,3)19-28(31)25-7-5-23(6-8-25)24-9-11-26(48-4)12-10-24/h5-12,27-29,44-45H,13-22H2,1-4H3/t27?,28-,29?,33?,34-,36+/m1/s1. The van der Waals surface area contributed by atoms with Crippen molar-refractivity contribution in [1.82, 2.24) is 0 Å². The van der Waals surface area contributed by atoms with E-state index in [1.807, 2.05) is 54.8 Å². The average molecular weight is 693 g/mol. The lowest BCUT2D eigenvalue weighted by Gasteiger charge is -2.59. The van der Waals surface area contributed by atoms with Crippen LogP contribution in [0.2, 0.25) is 0 Å². The Bertz CT molecular complexity index is 1580. The molecule has 6 atom stereocenters. The molecule has 4 fully saturated rings. The Morgan fingerprint density at radius 3 is 2.00 bits per heavy atom. The highest BCUT2D eigenvalue weighted by Gasteiger charge is 2.79. The second-order valence-corrected chi connectivity index (χ2v) is 16.9. The molecular weight excluding hydrogens is 647 g/mol. The van der Waals surface area contributed by atoms with E-state index < -0.39 is 52.8 Å². The number of thioether (sulfide) groups is 1. The first-order valence-corrected chi connectivity index (χ1v) is 18.3. The van der Waals surface area contributed by atoms with Crippen molar-refractivity contribution in [2.45, 2.75) is 112 Å². The van der Waals surface area contributed by atoms with Crippen molar-refractivity contribution < 1.29 is 41.6 Å². The molecule has 1 heterocycles. The lowest BCUT2D eigenvalue weighted by atomic mass is 9.49. The summed E-state index contributed by atoms with van der Waals surface area (Å²) in [6.07, 6.45) is -2.56. The molecular formula is C38H45F5O4S. The summed E-state index contributed by atoms with van der Waals surface area (Å²) in [5.74, 6) is -7.69. The van der Waals surface area contributed by atoms with Gasteiger partial charge in [0.25, 0.3) is 0 Å². The van der Waals surface area contributed by atoms with Gasteiger partial charge in [-0.1, -0.05) is 62.7 Å². The molecule has 5 aliphatic rings. The molecule has 0 aromatic heterocycles. The predicted molar refractivity (Wildman–Crippen MR) is 175 cm³/mol. The van der Waals surface area contributed by atoms with Crippen LogP contribution in [-0.4, -0.2) is 58.8 Å². The van der Waals surface area contributed by atoms with Gasteiger partial charge in [-0.15, -0.1) is 11.8 Å². The molecule has 2 N–H and O–H groups in total. The third kappa shape index (κ3) is 5.13. The van der Waals surface area contributed by atoms with Gasteiger partial charge in [0, 0.05) is 34.5 Å². The Morgan fingerprint density at radius 2 is 1.42 bits per heavy atom. The summed E-state index contributed by atoms with van der Waals surface area (Å²) in [7, 11) is 0. The van der Waals surface area contributed by atoms with Gasteiger partial charge in [0.05, 0.1) is 18.8 Å². The van der Waals surface area contributed by atoms with Gasteiger partial charge in [-0.05, 0) is 91.0 Å². The van der Waals surface area contributed by atoms with Crippen molar-refractivity contribution in [3.8, 4) is 11.1 Å². The number of fused-ring (bicyclic) bond motifs is 4. The SMILES string of the molecule is CSc1ccc(-c2ccc([C@H]3CC4(C)C(CC[C@@]4(O)C(F)(F)C(F)(F)F)C4CC[C@@]5(O)CC6(CCC5=C43)OCC(C)(C)CO6)cc2)cc1. The minimum atomic E-state index is -5.89. The van der Waals surface area contributed by atoms with Crippen LogP contribution in [-0.2, 0) is 9.47 Å². The van der Waals surface area contributed by atoms with Gasteiger partial charge >= 0.3 is 12.1 Å². The van der Waals surface area contributed by atoms with Gasteiger partial charge in [-0.2, -0.15) is 22.0 Å². The molecule has 1 spiro atoms. The molecule has 3 unspecified atom stereocenters. The molecule has 1 aliphatic heterocycles. The zero-order valence-electron chi connectivity index (χ0n) is 27.9. The minimum Gasteiger partial charge on any atom is -0.385 e. The molecule has 10 heteroatoms. The van der Waals surface area contributed by atoms with E-state index in [0.717, 1.165) is 32.7 Å². The summed E-state index contributed by atoms with van der Waals surface area (Å²) in [5, 5.41) is 24.0. The summed E-state index contributed by atoms with van der Waals surface area (Å²) in [6.45, 7) is 6.57. The fraction of sp³-hybridized carbons (Fsp3) is 0.632. The highest BCUT2D eigenvalue weighted by molar-refractivity contribution is 7.98. The smallest absolute Gasteiger partial charge is 0.385 e. The van der Waals surface area contributed by atoms with E-state index in [1.165, 1.54) is 6.92 Å². The maximum atomic E-state index is 15.4. The van der Waals surface area contributed by atoms with Crippen LogP contribution < -0.4 is 0 Å². The highest BCUT2D eigenvalue weighted by Crippen LogP contribution is 2.71. The topological polar surface area (TPSA) is 58.9 Å². The number of allylic oxidation sites excluding steroid dienone is 1. The van der Waals surface area contributed by atoms with E-state index in [1.54, 1.807) is 11.8 Å². The van der Waals surface area contributed by atoms with Crippen molar-refractivity contribution in [1.29, 1.82) is 0 Å². The van der Waals surface area contributed by atoms with Crippen molar-refractivity contribution in [3.63, 3.8) is 0 Å². The molecule has 262 valence electrons. The molecule has 4 nitrogen and oxygen atoms in total. The van der Waals surface area contributed by atoms with Crippen LogP contribution in [0.15, 0.2) is 64.6 Å². The molecule has 48 heavy (non-hydrogen) atoms. The maximum absolute atomic E-state index is 15.4. The van der Waals surface area contributed by atoms with Crippen LogP contribution in [0.4, 0.5) is 22.0 Å². The van der Waals surface area contributed by atoms with Crippen LogP contribution in [0, 0.1) is 22.7 Å². The zero-order valence-corrected chi connectivity index (χ0v) is 28.7. The Morgan fingerprint density at radius 1 is 0.812 bits per heavy atom. The van der Waals surface area contributed by atoms with Crippen LogP contribution in [0.1, 0.15) is 83.6 Å². The van der Waals surface area contributed by atoms with E-state index in [0.29, 0.717) is 38.9 Å². The summed E-state index contributed by atoms with van der Waals surface area (Å²) in [6, 6.07) is 15.9. The number of ether oxygens (including phenoxy) is 2. The first kappa shape index (κ1) is 34.5. The van der Waals surface area contributed by atoms with Crippen LogP contribution in [0.25, 0.3) is 11.1 Å². The fourth-order valence-electron chi connectivity index (χ4n) is 10.00. The van der Waals surface area contributed by atoms with Crippen molar-refractivity contribution >= 4 is 11.8 Å². The normalized spacial score (nSPS) is 36.0. The quantitative estimate of drug-likeness (QED) is 0.190. The lowest BCUT2D eigenvalue weighted by Crippen LogP contribution is -2.65. The molecule has 3 saturated carbocycles. The molecule has 0 radical (unpaired) electrons. The average Bonchev–Trinajstić information content (AvgIpc) is 3.32. The van der Waals surface area contributed by atoms with E-state index >= 15 is 8.78 Å². The van der Waals surface area contributed by atoms with Crippen LogP contribution >= 0.6 is 11.8 Å². The third-order valence-corrected chi connectivity index (χ3v) is 13.4. The van der Waals surface area contributed by atoms with Crippen molar-refractivity contribution in [2.75, 3.05) is 19.5 Å². The van der Waals surface area contributed by atoms with Gasteiger partial charge in [0.1, 0.15) is 5.60 Å². The molecule has 2 aromatic carbocycles. The zero-order chi connectivity index (χ0) is 34.5. The second kappa shape index (κ2) is 11.3. The number of rotatable bonds is 4. The number of aliphatic hydroxyl groups is 2. The van der Waals surface area contributed by atoms with Crippen LogP contribution in [0.5, 0.6) is 0 Å². The van der Waals surface area contributed by atoms with E-state index in [4.69, 9.17) is 9.47 Å². The Labute approximate surface area is 283 Å². The minimum absolute atomic E-state index is 0.0570. The number of alkyl halides is 5. The summed E-state index contributed by atoms with van der Waals surface area (Å²) in [4.78, 5) is 1.13. The lowest BCUT2D eigenvalue weighted by molar-refractivity contribution is -0.362. The number of hydrogen-bond donors (Lipinski definition) is 2. The summed E-state index contributed by atoms with van der Waals surface area (Å²) >= 11 is 1.64. The van der Waals surface area contributed by atoms with Gasteiger partial charge in [-0.3, -0.25) is 0 Å². The van der Waals surface area contributed by atoms with Gasteiger partial charge in [0.15, 0.2) is 5.79 Å². The largest absolute Gasteiger partial charge is 0.456 e. The van der Waals surface area contributed by atoms with Crippen molar-refractivity contribution in [2.24, 2.45) is 22.7 Å². The molecule has 2 aromatic rings. The molecule has 0 amide bonds. The molecule has 1 saturated heterocycles. The van der Waals surface area contributed by atoms with Gasteiger partial charge in [0.2, 0.25) is 0 Å². The fourth-order valence-corrected chi connectivity index (χ4v) is 10.4. The van der Waals surface area contributed by atoms with E-state index in [9.17, 15) is 23.4 Å². The second-order valence-electron chi connectivity index (χ2n) is 16.0.